The highest BCUT2D eigenvalue weighted by Crippen LogP contribution is 2.33. The molecule has 0 radical (unpaired) electrons. The Balaban J connectivity index is 1.50. The minimum Gasteiger partial charge on any atom is -0.491 e. The second kappa shape index (κ2) is 11.8. The number of nitrogens with one attached hydrogen (secondary N) is 2. The van der Waals surface area contributed by atoms with Gasteiger partial charge in [0.25, 0.3) is 5.91 Å². The standard InChI is InChI=1S/C30H28F3N3O2/c1-20(2)38-26-14-15-27(21-6-8-22(9-7-21)30(31,32)33)28(19-26)29(37)36-25-12-10-24(11-13-25)35-18-16-23-5-3-4-17-34-23/h3-15,17,19-20,35H,16,18H2,1-2H3,(H,36,37). The average Bonchev–Trinajstić information content (AvgIpc) is 2.89. The second-order valence-corrected chi connectivity index (χ2v) is 8.98. The molecule has 0 bridgehead atoms. The normalized spacial score (nSPS) is 11.3. The maximum absolute atomic E-state index is 13.3. The van der Waals surface area contributed by atoms with Gasteiger partial charge in [0, 0.05) is 36.2 Å². The first kappa shape index (κ1) is 26.7. The van der Waals surface area contributed by atoms with E-state index in [1.54, 1.807) is 36.5 Å². The van der Waals surface area contributed by atoms with E-state index in [0.717, 1.165) is 29.9 Å². The summed E-state index contributed by atoms with van der Waals surface area (Å²) in [7, 11) is 0. The van der Waals surface area contributed by atoms with Crippen LogP contribution in [0.2, 0.25) is 0 Å². The molecule has 0 spiro atoms. The van der Waals surface area contributed by atoms with Crippen LogP contribution in [-0.2, 0) is 12.6 Å². The molecule has 0 unspecified atom stereocenters. The van der Waals surface area contributed by atoms with Crippen LogP contribution >= 0.6 is 0 Å². The number of hydrogen-bond acceptors (Lipinski definition) is 4. The molecule has 0 aliphatic carbocycles. The third kappa shape index (κ3) is 7.12. The van der Waals surface area contributed by atoms with Crippen LogP contribution in [0.25, 0.3) is 11.1 Å². The number of anilines is 2. The van der Waals surface area contributed by atoms with Crippen molar-refractivity contribution in [3.8, 4) is 16.9 Å². The molecule has 4 aromatic rings. The highest BCUT2D eigenvalue weighted by atomic mass is 19.4. The third-order valence-electron chi connectivity index (χ3n) is 5.71. The number of rotatable bonds is 9. The van der Waals surface area contributed by atoms with Crippen LogP contribution in [0.1, 0.15) is 35.5 Å². The topological polar surface area (TPSA) is 63.2 Å². The molecule has 0 fully saturated rings. The molecule has 0 saturated heterocycles. The van der Waals surface area contributed by atoms with E-state index in [-0.39, 0.29) is 6.10 Å². The lowest BCUT2D eigenvalue weighted by atomic mass is 9.97. The molecule has 3 aromatic carbocycles. The number of nitrogens with zero attached hydrogens (tertiary/aromatic N) is 1. The van der Waals surface area contributed by atoms with E-state index >= 15 is 0 Å². The zero-order chi connectivity index (χ0) is 27.1. The minimum absolute atomic E-state index is 0.111. The minimum atomic E-state index is -4.44. The summed E-state index contributed by atoms with van der Waals surface area (Å²) in [5.74, 6) is 0.0956. The smallest absolute Gasteiger partial charge is 0.416 e. The van der Waals surface area contributed by atoms with E-state index in [0.29, 0.717) is 34.7 Å². The van der Waals surface area contributed by atoms with E-state index in [4.69, 9.17) is 4.74 Å². The fraction of sp³-hybridized carbons (Fsp3) is 0.200. The van der Waals surface area contributed by atoms with Gasteiger partial charge in [0.05, 0.1) is 17.2 Å². The predicted octanol–water partition coefficient (Wildman–Crippen LogP) is 7.46. The molecule has 5 nitrogen and oxygen atoms in total. The lowest BCUT2D eigenvalue weighted by Gasteiger charge is -2.16. The lowest BCUT2D eigenvalue weighted by molar-refractivity contribution is -0.137. The highest BCUT2D eigenvalue weighted by molar-refractivity contribution is 6.09. The molecule has 196 valence electrons. The van der Waals surface area contributed by atoms with Crippen molar-refractivity contribution in [1.29, 1.82) is 0 Å². The summed E-state index contributed by atoms with van der Waals surface area (Å²) in [6.07, 6.45) is -2.01. The Labute approximate surface area is 219 Å². The van der Waals surface area contributed by atoms with Crippen molar-refractivity contribution in [2.24, 2.45) is 0 Å². The van der Waals surface area contributed by atoms with Gasteiger partial charge in [-0.05, 0) is 91.7 Å². The maximum Gasteiger partial charge on any atom is 0.416 e. The van der Waals surface area contributed by atoms with Crippen molar-refractivity contribution in [2.75, 3.05) is 17.2 Å². The van der Waals surface area contributed by atoms with Crippen LogP contribution in [0.3, 0.4) is 0 Å². The van der Waals surface area contributed by atoms with Gasteiger partial charge in [-0.3, -0.25) is 9.78 Å². The summed E-state index contributed by atoms with van der Waals surface area (Å²) in [6.45, 7) is 4.45. The summed E-state index contributed by atoms with van der Waals surface area (Å²) in [6, 6.07) is 22.8. The van der Waals surface area contributed by atoms with E-state index < -0.39 is 17.6 Å². The Morgan fingerprint density at radius 1 is 0.921 bits per heavy atom. The van der Waals surface area contributed by atoms with Crippen LogP contribution in [0.4, 0.5) is 24.5 Å². The fourth-order valence-corrected chi connectivity index (χ4v) is 3.90. The Hall–Kier alpha value is -4.33. The van der Waals surface area contributed by atoms with Crippen molar-refractivity contribution in [2.45, 2.75) is 32.5 Å². The summed E-state index contributed by atoms with van der Waals surface area (Å²) in [5.41, 5.74) is 3.01. The number of benzene rings is 3. The van der Waals surface area contributed by atoms with Crippen LogP contribution in [0.15, 0.2) is 91.1 Å². The largest absolute Gasteiger partial charge is 0.491 e. The molecule has 8 heteroatoms. The number of alkyl halides is 3. The van der Waals surface area contributed by atoms with Crippen molar-refractivity contribution >= 4 is 17.3 Å². The molecule has 0 aliphatic heterocycles. The number of ether oxygens (including phenoxy) is 1. The van der Waals surface area contributed by atoms with Crippen LogP contribution < -0.4 is 15.4 Å². The molecule has 1 aromatic heterocycles. The fourth-order valence-electron chi connectivity index (χ4n) is 3.90. The first-order valence-electron chi connectivity index (χ1n) is 12.2. The number of aromatic nitrogens is 1. The molecule has 1 amide bonds. The van der Waals surface area contributed by atoms with Gasteiger partial charge >= 0.3 is 6.18 Å². The Morgan fingerprint density at radius 3 is 2.26 bits per heavy atom. The van der Waals surface area contributed by atoms with Crippen LogP contribution in [0, 0.1) is 0 Å². The van der Waals surface area contributed by atoms with Gasteiger partial charge in [-0.25, -0.2) is 0 Å². The van der Waals surface area contributed by atoms with Gasteiger partial charge in [-0.15, -0.1) is 0 Å². The SMILES string of the molecule is CC(C)Oc1ccc(-c2ccc(C(F)(F)F)cc2)c(C(=O)Nc2ccc(NCCc3ccccn3)cc2)c1. The van der Waals surface area contributed by atoms with Crippen molar-refractivity contribution in [3.05, 3.63) is 108 Å². The molecular formula is C30H28F3N3O2. The van der Waals surface area contributed by atoms with Gasteiger partial charge < -0.3 is 15.4 Å². The van der Waals surface area contributed by atoms with E-state index in [9.17, 15) is 18.0 Å². The van der Waals surface area contributed by atoms with E-state index in [2.05, 4.69) is 15.6 Å². The summed E-state index contributed by atoms with van der Waals surface area (Å²) >= 11 is 0. The van der Waals surface area contributed by atoms with Crippen molar-refractivity contribution in [1.82, 2.24) is 4.98 Å². The number of amides is 1. The van der Waals surface area contributed by atoms with Gasteiger partial charge in [0.2, 0.25) is 0 Å². The summed E-state index contributed by atoms with van der Waals surface area (Å²) < 4.78 is 44.9. The first-order chi connectivity index (χ1) is 18.2. The van der Waals surface area contributed by atoms with E-state index in [1.807, 2.05) is 44.2 Å². The number of pyridine rings is 1. The van der Waals surface area contributed by atoms with Gasteiger partial charge in [0.15, 0.2) is 0 Å². The van der Waals surface area contributed by atoms with Gasteiger partial charge in [0.1, 0.15) is 5.75 Å². The van der Waals surface area contributed by atoms with Gasteiger partial charge in [-0.2, -0.15) is 13.2 Å². The van der Waals surface area contributed by atoms with Crippen LogP contribution in [-0.4, -0.2) is 23.5 Å². The zero-order valence-electron chi connectivity index (χ0n) is 21.0. The first-order valence-corrected chi connectivity index (χ1v) is 12.2. The van der Waals surface area contributed by atoms with Crippen LogP contribution in [0.5, 0.6) is 5.75 Å². The van der Waals surface area contributed by atoms with Crippen molar-refractivity contribution < 1.29 is 22.7 Å². The summed E-state index contributed by atoms with van der Waals surface area (Å²) in [5, 5.41) is 6.21. The molecule has 38 heavy (non-hydrogen) atoms. The monoisotopic (exact) mass is 519 g/mol. The molecular weight excluding hydrogens is 491 g/mol. The summed E-state index contributed by atoms with van der Waals surface area (Å²) in [4.78, 5) is 17.6. The molecule has 2 N–H and O–H groups in total. The van der Waals surface area contributed by atoms with Crippen molar-refractivity contribution in [3.63, 3.8) is 0 Å². The molecule has 0 aliphatic rings. The number of carbonyl (C=O) groups is 1. The lowest BCUT2D eigenvalue weighted by Crippen LogP contribution is -2.14. The molecule has 4 rings (SSSR count). The Morgan fingerprint density at radius 2 is 1.63 bits per heavy atom. The average molecular weight is 520 g/mol. The van der Waals surface area contributed by atoms with Gasteiger partial charge in [-0.1, -0.05) is 18.2 Å². The molecule has 1 heterocycles. The second-order valence-electron chi connectivity index (χ2n) is 8.98. The Bertz CT molecular complexity index is 1350. The molecule has 0 saturated carbocycles. The molecule has 0 atom stereocenters. The number of halogens is 3. The highest BCUT2D eigenvalue weighted by Gasteiger charge is 2.30. The number of carbonyl (C=O) groups excluding carboxylic acids is 1. The zero-order valence-corrected chi connectivity index (χ0v) is 21.0. The maximum atomic E-state index is 13.3. The van der Waals surface area contributed by atoms with E-state index in [1.165, 1.54) is 12.1 Å². The Kier molecular flexibility index (Phi) is 8.31. The number of hydrogen-bond donors (Lipinski definition) is 2. The quantitative estimate of drug-likeness (QED) is 0.241. The third-order valence-corrected chi connectivity index (χ3v) is 5.71. The predicted molar refractivity (Wildman–Crippen MR) is 143 cm³/mol.